The summed E-state index contributed by atoms with van der Waals surface area (Å²) in [6.45, 7) is 2.86. The third-order valence-electron chi connectivity index (χ3n) is 4.13. The first-order valence-electron chi connectivity index (χ1n) is 8.09. The molecule has 2 aromatic rings. The minimum Gasteiger partial charge on any atom is -0.481 e. The predicted octanol–water partition coefficient (Wildman–Crippen LogP) is 2.07. The number of nitrogens with one attached hydrogen (secondary N) is 1. The first-order chi connectivity index (χ1) is 11.7. The number of para-hydroxylation sites is 1. The van der Waals surface area contributed by atoms with Crippen LogP contribution in [0.5, 0.6) is 5.75 Å². The average Bonchev–Trinajstić information content (AvgIpc) is 2.64. The van der Waals surface area contributed by atoms with Gasteiger partial charge in [-0.1, -0.05) is 18.2 Å². The molecule has 126 valence electrons. The van der Waals surface area contributed by atoms with Gasteiger partial charge < -0.3 is 14.8 Å². The van der Waals surface area contributed by atoms with Crippen molar-refractivity contribution in [2.24, 2.45) is 0 Å². The Bertz CT molecular complexity index is 658. The van der Waals surface area contributed by atoms with Gasteiger partial charge in [-0.05, 0) is 25.1 Å². The maximum absolute atomic E-state index is 12.7. The number of hydrogen-bond acceptors (Lipinski definition) is 5. The Morgan fingerprint density at radius 3 is 2.50 bits per heavy atom. The molecule has 1 unspecified atom stereocenters. The molecule has 0 spiro atoms. The molecule has 2 heterocycles. The third-order valence-corrected chi connectivity index (χ3v) is 4.13. The predicted molar refractivity (Wildman–Crippen MR) is 88.4 cm³/mol. The van der Waals surface area contributed by atoms with E-state index in [0.29, 0.717) is 37.6 Å². The zero-order valence-corrected chi connectivity index (χ0v) is 13.6. The highest BCUT2D eigenvalue weighted by atomic mass is 16.5. The summed E-state index contributed by atoms with van der Waals surface area (Å²) in [6, 6.07) is 11.1. The van der Waals surface area contributed by atoms with Crippen LogP contribution >= 0.6 is 0 Å². The number of carbonyl (C=O) groups excluding carboxylic acids is 1. The molecule has 0 saturated carbocycles. The Hall–Kier alpha value is -2.47. The summed E-state index contributed by atoms with van der Waals surface area (Å²) < 4.78 is 11.2. The van der Waals surface area contributed by atoms with Crippen LogP contribution in [0.15, 0.2) is 48.8 Å². The molecule has 6 nitrogen and oxygen atoms in total. The Kier molecular flexibility index (Phi) is 5.05. The molecule has 0 aliphatic carbocycles. The fourth-order valence-electron chi connectivity index (χ4n) is 2.76. The van der Waals surface area contributed by atoms with Gasteiger partial charge >= 0.3 is 0 Å². The average molecular weight is 327 g/mol. The summed E-state index contributed by atoms with van der Waals surface area (Å²) in [4.78, 5) is 21.4. The lowest BCUT2D eigenvalue weighted by Gasteiger charge is -2.37. The van der Waals surface area contributed by atoms with Crippen LogP contribution in [0.3, 0.4) is 0 Å². The van der Waals surface area contributed by atoms with Crippen LogP contribution in [0.1, 0.15) is 25.6 Å². The topological polar surface area (TPSA) is 73.3 Å². The second kappa shape index (κ2) is 7.40. The molecule has 1 saturated heterocycles. The normalized spacial score (nSPS) is 17.7. The van der Waals surface area contributed by atoms with Crippen LogP contribution in [0.2, 0.25) is 0 Å². The van der Waals surface area contributed by atoms with Crippen molar-refractivity contribution in [2.75, 3.05) is 13.2 Å². The minimum absolute atomic E-state index is 0.187. The van der Waals surface area contributed by atoms with Gasteiger partial charge in [-0.15, -0.1) is 0 Å². The largest absolute Gasteiger partial charge is 0.481 e. The molecule has 1 atom stereocenters. The van der Waals surface area contributed by atoms with E-state index in [4.69, 9.17) is 9.47 Å². The van der Waals surface area contributed by atoms with Gasteiger partial charge in [-0.25, -0.2) is 9.97 Å². The summed E-state index contributed by atoms with van der Waals surface area (Å²) in [5.74, 6) is 1.10. The van der Waals surface area contributed by atoms with Crippen molar-refractivity contribution in [3.05, 3.63) is 54.6 Å². The van der Waals surface area contributed by atoms with Gasteiger partial charge in [0.2, 0.25) is 0 Å². The van der Waals surface area contributed by atoms with Crippen LogP contribution in [0, 0.1) is 0 Å². The zero-order valence-electron chi connectivity index (χ0n) is 13.6. The number of nitrogens with zero attached hydrogens (tertiary/aromatic N) is 2. The number of benzene rings is 1. The maximum atomic E-state index is 12.7. The Labute approximate surface area is 141 Å². The van der Waals surface area contributed by atoms with Crippen LogP contribution in [-0.4, -0.2) is 35.2 Å². The Balaban J connectivity index is 1.74. The Morgan fingerprint density at radius 2 is 1.83 bits per heavy atom. The first-order valence-corrected chi connectivity index (χ1v) is 8.09. The van der Waals surface area contributed by atoms with Crippen molar-refractivity contribution in [3.63, 3.8) is 0 Å². The highest BCUT2D eigenvalue weighted by Crippen LogP contribution is 2.29. The summed E-state index contributed by atoms with van der Waals surface area (Å²) in [5, 5.41) is 3.10. The minimum atomic E-state index is -0.615. The second-order valence-corrected chi connectivity index (χ2v) is 5.83. The second-order valence-electron chi connectivity index (χ2n) is 5.83. The lowest BCUT2D eigenvalue weighted by atomic mass is 9.88. The standard InChI is InChI=1S/C18H21N3O3/c1-14(24-15-6-3-2-4-7-15)16(22)21-18(8-12-23-13-9-18)17-19-10-5-11-20-17/h2-7,10-11,14H,8-9,12-13H2,1H3,(H,21,22). The molecule has 1 aliphatic rings. The number of aromatic nitrogens is 2. The summed E-state index contributed by atoms with van der Waals surface area (Å²) in [6.07, 6.45) is 4.04. The van der Waals surface area contributed by atoms with Crippen LogP contribution in [-0.2, 0) is 15.1 Å². The van der Waals surface area contributed by atoms with Crippen molar-refractivity contribution in [1.29, 1.82) is 0 Å². The van der Waals surface area contributed by atoms with Crippen molar-refractivity contribution in [1.82, 2.24) is 15.3 Å². The quantitative estimate of drug-likeness (QED) is 0.910. The van der Waals surface area contributed by atoms with Crippen molar-refractivity contribution >= 4 is 5.91 Å². The van der Waals surface area contributed by atoms with Crippen LogP contribution in [0.25, 0.3) is 0 Å². The summed E-state index contributed by atoms with van der Waals surface area (Å²) in [5.41, 5.74) is -0.606. The molecular weight excluding hydrogens is 306 g/mol. The van der Waals surface area contributed by atoms with Crippen molar-refractivity contribution in [3.8, 4) is 5.75 Å². The molecule has 3 rings (SSSR count). The van der Waals surface area contributed by atoms with E-state index < -0.39 is 11.6 Å². The fourth-order valence-corrected chi connectivity index (χ4v) is 2.76. The molecule has 1 aromatic carbocycles. The van der Waals surface area contributed by atoms with Gasteiger partial charge in [-0.2, -0.15) is 0 Å². The Morgan fingerprint density at radius 1 is 1.17 bits per heavy atom. The van der Waals surface area contributed by atoms with Crippen molar-refractivity contribution in [2.45, 2.75) is 31.4 Å². The molecule has 6 heteroatoms. The number of rotatable bonds is 5. The highest BCUT2D eigenvalue weighted by Gasteiger charge is 2.39. The first kappa shape index (κ1) is 16.4. The number of carbonyl (C=O) groups is 1. The number of ether oxygens (including phenoxy) is 2. The van der Waals surface area contributed by atoms with E-state index in [9.17, 15) is 4.79 Å². The summed E-state index contributed by atoms with van der Waals surface area (Å²) >= 11 is 0. The SMILES string of the molecule is CC(Oc1ccccc1)C(=O)NC1(c2ncccn2)CCOCC1. The fraction of sp³-hybridized carbons (Fsp3) is 0.389. The molecule has 1 N–H and O–H groups in total. The molecule has 0 radical (unpaired) electrons. The van der Waals surface area contributed by atoms with E-state index in [0.717, 1.165) is 0 Å². The van der Waals surface area contributed by atoms with E-state index in [-0.39, 0.29) is 5.91 Å². The van der Waals surface area contributed by atoms with E-state index >= 15 is 0 Å². The van der Waals surface area contributed by atoms with E-state index in [2.05, 4.69) is 15.3 Å². The van der Waals surface area contributed by atoms with Gasteiger partial charge in [0.25, 0.3) is 5.91 Å². The van der Waals surface area contributed by atoms with Crippen molar-refractivity contribution < 1.29 is 14.3 Å². The van der Waals surface area contributed by atoms with Gasteiger partial charge in [0.1, 0.15) is 11.3 Å². The molecule has 1 amide bonds. The molecule has 1 fully saturated rings. The number of hydrogen-bond donors (Lipinski definition) is 1. The van der Waals surface area contributed by atoms with Gasteiger partial charge in [0.05, 0.1) is 0 Å². The highest BCUT2D eigenvalue weighted by molar-refractivity contribution is 5.81. The molecular formula is C18H21N3O3. The summed E-state index contributed by atoms with van der Waals surface area (Å²) in [7, 11) is 0. The van der Waals surface area contributed by atoms with E-state index in [1.165, 1.54) is 0 Å². The third kappa shape index (κ3) is 3.71. The monoisotopic (exact) mass is 327 g/mol. The lowest BCUT2D eigenvalue weighted by Crippen LogP contribution is -2.53. The smallest absolute Gasteiger partial charge is 0.261 e. The van der Waals surface area contributed by atoms with Gasteiger partial charge in [0, 0.05) is 38.4 Å². The van der Waals surface area contributed by atoms with Crippen LogP contribution < -0.4 is 10.1 Å². The van der Waals surface area contributed by atoms with Gasteiger partial charge in [0.15, 0.2) is 11.9 Å². The lowest BCUT2D eigenvalue weighted by molar-refractivity contribution is -0.131. The molecule has 1 aromatic heterocycles. The van der Waals surface area contributed by atoms with Crippen LogP contribution in [0.4, 0.5) is 0 Å². The molecule has 0 bridgehead atoms. The maximum Gasteiger partial charge on any atom is 0.261 e. The zero-order chi connectivity index (χ0) is 16.8. The van der Waals surface area contributed by atoms with Gasteiger partial charge in [-0.3, -0.25) is 4.79 Å². The molecule has 24 heavy (non-hydrogen) atoms. The van der Waals surface area contributed by atoms with E-state index in [1.807, 2.05) is 30.3 Å². The molecule has 1 aliphatic heterocycles. The van der Waals surface area contributed by atoms with E-state index in [1.54, 1.807) is 25.4 Å². The number of amides is 1.